The molecule has 0 amide bonds. The van der Waals surface area contributed by atoms with Gasteiger partial charge in [-0.25, -0.2) is 0 Å². The van der Waals surface area contributed by atoms with E-state index in [-0.39, 0.29) is 0 Å². The van der Waals surface area contributed by atoms with Crippen LogP contribution >= 0.6 is 0 Å². The largest absolute Gasteiger partial charge is 0.616 e. The van der Waals surface area contributed by atoms with Gasteiger partial charge < -0.3 is 9.94 Å². The number of hydrogen-bond acceptors (Lipinski definition) is 2. The van der Waals surface area contributed by atoms with Crippen LogP contribution in [0.25, 0.3) is 10.8 Å². The molecule has 0 spiro atoms. The molecule has 3 nitrogen and oxygen atoms in total. The molecule has 1 aromatic heterocycles. The summed E-state index contributed by atoms with van der Waals surface area (Å²) >= 11 is 0. The number of rotatable bonds is 3. The number of benzene rings is 2. The maximum absolute atomic E-state index is 11.8. The standard InChI is InChI=1S/C16H13NO2/c18-17-11-10-14-8-4-5-9-15(14)16(17)19-12-13-6-2-1-3-7-13/h1-11H,12H2. The highest BCUT2D eigenvalue weighted by atomic mass is 16.5. The van der Waals surface area contributed by atoms with Gasteiger partial charge in [0.15, 0.2) is 6.20 Å². The summed E-state index contributed by atoms with van der Waals surface area (Å²) in [4.78, 5) is 0. The van der Waals surface area contributed by atoms with Gasteiger partial charge in [0.1, 0.15) is 6.61 Å². The van der Waals surface area contributed by atoms with Gasteiger partial charge in [0.2, 0.25) is 0 Å². The zero-order valence-electron chi connectivity index (χ0n) is 10.3. The maximum Gasteiger partial charge on any atom is 0.387 e. The number of hydrogen-bond donors (Lipinski definition) is 0. The van der Waals surface area contributed by atoms with Crippen molar-refractivity contribution in [3.05, 3.63) is 77.6 Å². The van der Waals surface area contributed by atoms with Crippen molar-refractivity contribution in [3.8, 4) is 5.88 Å². The third-order valence-electron chi connectivity index (χ3n) is 3.00. The average molecular weight is 251 g/mol. The fourth-order valence-electron chi connectivity index (χ4n) is 2.04. The summed E-state index contributed by atoms with van der Waals surface area (Å²) < 4.78 is 6.46. The lowest BCUT2D eigenvalue weighted by molar-refractivity contribution is -0.611. The van der Waals surface area contributed by atoms with Gasteiger partial charge >= 0.3 is 5.88 Å². The van der Waals surface area contributed by atoms with Crippen LogP contribution in [0.5, 0.6) is 5.88 Å². The summed E-state index contributed by atoms with van der Waals surface area (Å²) in [6, 6.07) is 19.3. The van der Waals surface area contributed by atoms with E-state index in [1.54, 1.807) is 6.07 Å². The molecule has 0 saturated heterocycles. The minimum atomic E-state index is 0.349. The van der Waals surface area contributed by atoms with E-state index in [0.717, 1.165) is 21.1 Å². The van der Waals surface area contributed by atoms with Crippen LogP contribution in [0, 0.1) is 5.21 Å². The molecule has 2 aromatic carbocycles. The van der Waals surface area contributed by atoms with Gasteiger partial charge in [0.05, 0.1) is 5.39 Å². The highest BCUT2D eigenvalue weighted by Gasteiger charge is 2.12. The van der Waals surface area contributed by atoms with E-state index in [0.29, 0.717) is 12.5 Å². The van der Waals surface area contributed by atoms with E-state index in [4.69, 9.17) is 4.74 Å². The summed E-state index contributed by atoms with van der Waals surface area (Å²) in [5, 5.41) is 13.7. The summed E-state index contributed by atoms with van der Waals surface area (Å²) in [5.74, 6) is 0.349. The fourth-order valence-corrected chi connectivity index (χ4v) is 2.04. The second-order valence-electron chi connectivity index (χ2n) is 4.31. The quantitative estimate of drug-likeness (QED) is 0.530. The number of nitrogens with zero attached hydrogens (tertiary/aromatic N) is 1. The van der Waals surface area contributed by atoms with Gasteiger partial charge in [-0.1, -0.05) is 48.5 Å². The molecule has 0 saturated carbocycles. The monoisotopic (exact) mass is 251 g/mol. The molecule has 19 heavy (non-hydrogen) atoms. The highest BCUT2D eigenvalue weighted by Crippen LogP contribution is 2.21. The first-order valence-electron chi connectivity index (χ1n) is 6.12. The van der Waals surface area contributed by atoms with Crippen LogP contribution in [0.3, 0.4) is 0 Å². The molecule has 0 unspecified atom stereocenters. The maximum atomic E-state index is 11.8. The van der Waals surface area contributed by atoms with Gasteiger partial charge in [-0.3, -0.25) is 0 Å². The number of aromatic nitrogens is 1. The fraction of sp³-hybridized carbons (Fsp3) is 0.0625. The van der Waals surface area contributed by atoms with E-state index in [1.807, 2.05) is 54.6 Å². The predicted molar refractivity (Wildman–Crippen MR) is 73.7 cm³/mol. The Balaban J connectivity index is 1.94. The summed E-state index contributed by atoms with van der Waals surface area (Å²) in [5.41, 5.74) is 1.04. The van der Waals surface area contributed by atoms with Crippen LogP contribution in [-0.4, -0.2) is 0 Å². The van der Waals surface area contributed by atoms with Crippen LogP contribution in [0.2, 0.25) is 0 Å². The van der Waals surface area contributed by atoms with Gasteiger partial charge in [-0.15, -0.1) is 4.73 Å². The van der Waals surface area contributed by atoms with Crippen molar-refractivity contribution in [2.24, 2.45) is 0 Å². The Morgan fingerprint density at radius 2 is 1.63 bits per heavy atom. The second-order valence-corrected chi connectivity index (χ2v) is 4.31. The van der Waals surface area contributed by atoms with Crippen molar-refractivity contribution in [2.75, 3.05) is 0 Å². The SMILES string of the molecule is [O-][n+]1ccc2ccccc2c1OCc1ccccc1. The van der Waals surface area contributed by atoms with Crippen LogP contribution in [0.15, 0.2) is 66.9 Å². The molecule has 3 heteroatoms. The third kappa shape index (κ3) is 2.36. The van der Waals surface area contributed by atoms with Crippen molar-refractivity contribution in [1.82, 2.24) is 0 Å². The van der Waals surface area contributed by atoms with E-state index >= 15 is 0 Å². The Bertz CT molecular complexity index is 695. The molecule has 3 aromatic rings. The van der Waals surface area contributed by atoms with Gasteiger partial charge in [0.25, 0.3) is 0 Å². The van der Waals surface area contributed by atoms with Crippen molar-refractivity contribution in [2.45, 2.75) is 6.61 Å². The van der Waals surface area contributed by atoms with Gasteiger partial charge in [-0.05, 0) is 17.0 Å². The predicted octanol–water partition coefficient (Wildman–Crippen LogP) is 3.05. The lowest BCUT2D eigenvalue weighted by Crippen LogP contribution is -2.28. The molecule has 0 N–H and O–H groups in total. The zero-order chi connectivity index (χ0) is 13.1. The molecule has 0 atom stereocenters. The Kier molecular flexibility index (Phi) is 3.02. The van der Waals surface area contributed by atoms with Crippen LogP contribution in [0.4, 0.5) is 0 Å². The summed E-state index contributed by atoms with van der Waals surface area (Å²) in [7, 11) is 0. The minimum absolute atomic E-state index is 0.349. The molecule has 0 aliphatic carbocycles. The second kappa shape index (κ2) is 4.98. The van der Waals surface area contributed by atoms with Crippen molar-refractivity contribution < 1.29 is 9.47 Å². The first kappa shape index (κ1) is 11.5. The van der Waals surface area contributed by atoms with E-state index < -0.39 is 0 Å². The molecular formula is C16H13NO2. The molecule has 0 aliphatic rings. The average Bonchev–Trinajstić information content (AvgIpc) is 2.47. The number of pyridine rings is 1. The molecule has 1 heterocycles. The number of fused-ring (bicyclic) bond motifs is 1. The Morgan fingerprint density at radius 1 is 0.895 bits per heavy atom. The lowest BCUT2D eigenvalue weighted by atomic mass is 10.2. The molecule has 94 valence electrons. The topological polar surface area (TPSA) is 36.2 Å². The number of ether oxygens (including phenoxy) is 1. The lowest BCUT2D eigenvalue weighted by Gasteiger charge is -2.09. The summed E-state index contributed by atoms with van der Waals surface area (Å²) in [6.07, 6.45) is 1.47. The normalized spacial score (nSPS) is 10.5. The smallest absolute Gasteiger partial charge is 0.387 e. The van der Waals surface area contributed by atoms with E-state index in [1.165, 1.54) is 6.20 Å². The van der Waals surface area contributed by atoms with E-state index in [2.05, 4.69) is 0 Å². The Hall–Kier alpha value is -2.55. The van der Waals surface area contributed by atoms with Gasteiger partial charge in [-0.2, -0.15) is 0 Å². The molecule has 0 fully saturated rings. The van der Waals surface area contributed by atoms with Crippen molar-refractivity contribution >= 4 is 10.8 Å². The molecule has 0 aliphatic heterocycles. The summed E-state index contributed by atoms with van der Waals surface area (Å²) in [6.45, 7) is 0.386. The first-order valence-corrected chi connectivity index (χ1v) is 6.12. The Morgan fingerprint density at radius 3 is 2.47 bits per heavy atom. The van der Waals surface area contributed by atoms with Crippen molar-refractivity contribution in [3.63, 3.8) is 0 Å². The van der Waals surface area contributed by atoms with Crippen LogP contribution < -0.4 is 9.47 Å². The Labute approximate surface area is 111 Å². The minimum Gasteiger partial charge on any atom is -0.616 e. The highest BCUT2D eigenvalue weighted by molar-refractivity contribution is 5.85. The van der Waals surface area contributed by atoms with E-state index in [9.17, 15) is 5.21 Å². The first-order chi connectivity index (χ1) is 9.34. The molecule has 3 rings (SSSR count). The zero-order valence-corrected chi connectivity index (χ0v) is 10.3. The molecule has 0 radical (unpaired) electrons. The van der Waals surface area contributed by atoms with Crippen LogP contribution in [0.1, 0.15) is 5.56 Å². The molecule has 0 bridgehead atoms. The third-order valence-corrected chi connectivity index (χ3v) is 3.00. The van der Waals surface area contributed by atoms with Crippen molar-refractivity contribution in [1.29, 1.82) is 0 Å². The van der Waals surface area contributed by atoms with Gasteiger partial charge in [0, 0.05) is 6.07 Å². The molecular weight excluding hydrogens is 238 g/mol. The van der Waals surface area contributed by atoms with Crippen LogP contribution in [-0.2, 0) is 6.61 Å².